The maximum atomic E-state index is 13.5. The topological polar surface area (TPSA) is 59.4 Å². The Bertz CT molecular complexity index is 907. The lowest BCUT2D eigenvalue weighted by atomic mass is 9.83. The predicted molar refractivity (Wildman–Crippen MR) is 102 cm³/mol. The molecule has 1 atom stereocenters. The molecule has 1 aromatic carbocycles. The Morgan fingerprint density at radius 2 is 1.97 bits per heavy atom. The van der Waals surface area contributed by atoms with Gasteiger partial charge in [-0.1, -0.05) is 18.2 Å². The fourth-order valence-electron chi connectivity index (χ4n) is 4.69. The van der Waals surface area contributed by atoms with Gasteiger partial charge in [-0.2, -0.15) is 5.10 Å². The van der Waals surface area contributed by atoms with E-state index in [0.29, 0.717) is 32.5 Å². The number of halogens is 2. The van der Waals surface area contributed by atoms with Crippen LogP contribution in [0.15, 0.2) is 36.5 Å². The first-order valence-electron chi connectivity index (χ1n) is 10.1. The van der Waals surface area contributed by atoms with Crippen LogP contribution in [0.3, 0.4) is 0 Å². The average molecular weight is 402 g/mol. The van der Waals surface area contributed by atoms with Crippen LogP contribution in [0.4, 0.5) is 8.78 Å². The summed E-state index contributed by atoms with van der Waals surface area (Å²) in [4.78, 5) is 14.4. The number of aromatic nitrogens is 2. The number of hydrogen-bond acceptors (Lipinski definition) is 4. The fraction of sp³-hybridized carbons (Fsp3) is 0.524. The van der Waals surface area contributed by atoms with Crippen molar-refractivity contribution in [3.8, 4) is 5.69 Å². The van der Waals surface area contributed by atoms with E-state index in [1.165, 1.54) is 5.56 Å². The lowest BCUT2D eigenvalue weighted by Crippen LogP contribution is -2.52. The van der Waals surface area contributed by atoms with Gasteiger partial charge >= 0.3 is 0 Å². The number of nitrogens with zero attached hydrogens (tertiary/aromatic N) is 3. The summed E-state index contributed by atoms with van der Waals surface area (Å²) >= 11 is 0. The van der Waals surface area contributed by atoms with Gasteiger partial charge in [0.1, 0.15) is 5.60 Å². The van der Waals surface area contributed by atoms with E-state index >= 15 is 0 Å². The number of nitrogens with one attached hydrogen (secondary N) is 1. The third-order valence-electron chi connectivity index (χ3n) is 6.28. The molecule has 1 N–H and O–H groups in total. The van der Waals surface area contributed by atoms with Crippen LogP contribution in [0, 0.1) is 0 Å². The predicted octanol–water partition coefficient (Wildman–Crippen LogP) is 2.26. The first-order chi connectivity index (χ1) is 14.0. The van der Waals surface area contributed by atoms with Gasteiger partial charge in [0, 0.05) is 25.7 Å². The molecule has 154 valence electrons. The maximum absolute atomic E-state index is 13.5. The highest BCUT2D eigenvalue weighted by molar-refractivity contribution is 5.82. The Morgan fingerprint density at radius 3 is 2.66 bits per heavy atom. The Kier molecular flexibility index (Phi) is 4.43. The van der Waals surface area contributed by atoms with Crippen LogP contribution in [0.2, 0.25) is 0 Å². The van der Waals surface area contributed by atoms with E-state index in [1.54, 1.807) is 4.90 Å². The number of alkyl halides is 2. The fourth-order valence-corrected chi connectivity index (χ4v) is 4.69. The number of ether oxygens (including phenoxy) is 1. The molecular formula is C21H24F2N4O2. The zero-order valence-electron chi connectivity index (χ0n) is 16.1. The van der Waals surface area contributed by atoms with Crippen molar-refractivity contribution in [3.63, 3.8) is 0 Å². The number of piperidine rings is 1. The number of benzene rings is 1. The second kappa shape index (κ2) is 6.88. The number of fused-ring (bicyclic) bond motifs is 2. The van der Waals surface area contributed by atoms with Gasteiger partial charge in [0.2, 0.25) is 5.91 Å². The van der Waals surface area contributed by atoms with Crippen LogP contribution in [0.5, 0.6) is 0 Å². The number of likely N-dealkylation sites (tertiary alicyclic amines) is 1. The summed E-state index contributed by atoms with van der Waals surface area (Å²) in [6.45, 7) is 1.17. The quantitative estimate of drug-likeness (QED) is 0.837. The van der Waals surface area contributed by atoms with E-state index < -0.39 is 30.5 Å². The Hall–Kier alpha value is -2.32. The molecule has 1 amide bonds. The van der Waals surface area contributed by atoms with Crippen molar-refractivity contribution in [2.45, 2.75) is 43.2 Å². The largest absolute Gasteiger partial charge is 0.368 e. The highest BCUT2D eigenvalue weighted by Gasteiger charge is 2.47. The zero-order valence-corrected chi connectivity index (χ0v) is 16.1. The summed E-state index contributed by atoms with van der Waals surface area (Å²) in [7, 11) is 0. The molecule has 2 fully saturated rings. The molecule has 1 spiro atoms. The van der Waals surface area contributed by atoms with Gasteiger partial charge < -0.3 is 9.64 Å². The standard InChI is InChI=1S/C21H24F2N4O2/c22-21(23)12-17(24-14-21)19(28)26-9-7-20(8-10-26)18-15(6-11-29-20)13-27(25-18)16-4-2-1-3-5-16/h1-5,13,17,24H,6-12,14H2/t17-/m0/s1. The molecule has 0 radical (unpaired) electrons. The van der Waals surface area contributed by atoms with Crippen LogP contribution in [0.1, 0.15) is 30.5 Å². The van der Waals surface area contributed by atoms with E-state index in [-0.39, 0.29) is 5.91 Å². The molecule has 29 heavy (non-hydrogen) atoms. The SMILES string of the molecule is O=C([C@@H]1CC(F)(F)CN1)N1CCC2(CC1)OCCc1cn(-c3ccccc3)nc12. The van der Waals surface area contributed by atoms with Crippen molar-refractivity contribution in [1.29, 1.82) is 0 Å². The normalized spacial score (nSPS) is 25.2. The number of para-hydroxylation sites is 1. The molecule has 0 saturated carbocycles. The van der Waals surface area contributed by atoms with Crippen LogP contribution in [-0.4, -0.2) is 58.8 Å². The smallest absolute Gasteiger partial charge is 0.262 e. The molecule has 4 heterocycles. The second-order valence-corrected chi connectivity index (χ2v) is 8.19. The van der Waals surface area contributed by atoms with E-state index in [0.717, 1.165) is 17.8 Å². The lowest BCUT2D eigenvalue weighted by Gasteiger charge is -2.43. The molecule has 2 aromatic rings. The van der Waals surface area contributed by atoms with E-state index in [1.807, 2.05) is 35.0 Å². The molecule has 0 aliphatic carbocycles. The maximum Gasteiger partial charge on any atom is 0.262 e. The van der Waals surface area contributed by atoms with Gasteiger partial charge in [0.25, 0.3) is 5.92 Å². The van der Waals surface area contributed by atoms with Crippen molar-refractivity contribution in [3.05, 3.63) is 47.8 Å². The molecule has 1 aromatic heterocycles. The third-order valence-corrected chi connectivity index (χ3v) is 6.28. The number of hydrogen-bond donors (Lipinski definition) is 1. The molecule has 5 rings (SSSR count). The lowest BCUT2D eigenvalue weighted by molar-refractivity contribution is -0.143. The Balaban J connectivity index is 1.33. The first-order valence-corrected chi connectivity index (χ1v) is 10.1. The molecule has 6 nitrogen and oxygen atoms in total. The average Bonchev–Trinajstić information content (AvgIpc) is 3.33. The number of amides is 1. The van der Waals surface area contributed by atoms with Gasteiger partial charge in [-0.3, -0.25) is 10.1 Å². The molecule has 3 aliphatic heterocycles. The molecule has 3 aliphatic rings. The van der Waals surface area contributed by atoms with Gasteiger partial charge in [-0.15, -0.1) is 0 Å². The number of rotatable bonds is 2. The van der Waals surface area contributed by atoms with E-state index in [9.17, 15) is 13.6 Å². The van der Waals surface area contributed by atoms with Gasteiger partial charge in [-0.05, 0) is 37.0 Å². The number of carbonyl (C=O) groups is 1. The molecule has 0 bridgehead atoms. The van der Waals surface area contributed by atoms with Crippen LogP contribution in [-0.2, 0) is 21.6 Å². The summed E-state index contributed by atoms with van der Waals surface area (Å²) in [6, 6.07) is 9.16. The summed E-state index contributed by atoms with van der Waals surface area (Å²) in [6.07, 6.45) is 3.71. The van der Waals surface area contributed by atoms with Gasteiger partial charge in [-0.25, -0.2) is 13.5 Å². The van der Waals surface area contributed by atoms with Crippen LogP contribution >= 0.6 is 0 Å². The van der Waals surface area contributed by atoms with Crippen molar-refractivity contribution < 1.29 is 18.3 Å². The highest BCUT2D eigenvalue weighted by atomic mass is 19.3. The number of carbonyl (C=O) groups excluding carboxylic acids is 1. The minimum absolute atomic E-state index is 0.233. The minimum atomic E-state index is -2.80. The monoisotopic (exact) mass is 402 g/mol. The third kappa shape index (κ3) is 3.34. The van der Waals surface area contributed by atoms with Gasteiger partial charge in [0.05, 0.1) is 30.6 Å². The Morgan fingerprint density at radius 1 is 1.21 bits per heavy atom. The molecule has 2 saturated heterocycles. The summed E-state index contributed by atoms with van der Waals surface area (Å²) in [5.74, 6) is -3.04. The second-order valence-electron chi connectivity index (χ2n) is 8.19. The van der Waals surface area contributed by atoms with Crippen molar-refractivity contribution in [1.82, 2.24) is 20.0 Å². The van der Waals surface area contributed by atoms with Crippen LogP contribution in [0.25, 0.3) is 5.69 Å². The minimum Gasteiger partial charge on any atom is -0.368 e. The van der Waals surface area contributed by atoms with Crippen molar-refractivity contribution in [2.24, 2.45) is 0 Å². The van der Waals surface area contributed by atoms with Crippen molar-refractivity contribution >= 4 is 5.91 Å². The summed E-state index contributed by atoms with van der Waals surface area (Å²) in [5.41, 5.74) is 2.62. The highest BCUT2D eigenvalue weighted by Crippen LogP contribution is 2.41. The van der Waals surface area contributed by atoms with Crippen LogP contribution < -0.4 is 5.32 Å². The first kappa shape index (κ1) is 18.7. The zero-order chi connectivity index (χ0) is 20.1. The molecular weight excluding hydrogens is 378 g/mol. The molecule has 8 heteroatoms. The summed E-state index contributed by atoms with van der Waals surface area (Å²) in [5, 5.41) is 7.51. The van der Waals surface area contributed by atoms with E-state index in [2.05, 4.69) is 11.5 Å². The van der Waals surface area contributed by atoms with Gasteiger partial charge in [0.15, 0.2) is 0 Å². The van der Waals surface area contributed by atoms with Crippen molar-refractivity contribution in [2.75, 3.05) is 26.2 Å². The Labute approximate surface area is 167 Å². The van der Waals surface area contributed by atoms with E-state index in [4.69, 9.17) is 9.84 Å². The molecule has 0 unspecified atom stereocenters. The summed E-state index contributed by atoms with van der Waals surface area (Å²) < 4.78 is 35.0.